The van der Waals surface area contributed by atoms with Gasteiger partial charge in [-0.2, -0.15) is 0 Å². The fraction of sp³-hybridized carbons (Fsp3) is 0.167. The molecular formula is C24H20N2O2. The molecule has 0 radical (unpaired) electrons. The topological polar surface area (TPSA) is 53.4 Å². The van der Waals surface area contributed by atoms with Crippen LogP contribution in [0.3, 0.4) is 0 Å². The normalized spacial score (nSPS) is 16.8. The Kier molecular flexibility index (Phi) is 4.06. The predicted octanol–water partition coefficient (Wildman–Crippen LogP) is 4.26. The number of pyridine rings is 1. The number of nitrogens with zero attached hydrogens (tertiary/aromatic N) is 2. The molecule has 1 unspecified atom stereocenters. The molecule has 4 heteroatoms. The lowest BCUT2D eigenvalue weighted by molar-refractivity contribution is 0.0767. The molecule has 3 aromatic carbocycles. The molecule has 0 aliphatic carbocycles. The van der Waals surface area contributed by atoms with E-state index in [1.165, 1.54) is 0 Å². The van der Waals surface area contributed by atoms with E-state index in [1.54, 1.807) is 4.90 Å². The van der Waals surface area contributed by atoms with E-state index in [0.29, 0.717) is 25.1 Å². The van der Waals surface area contributed by atoms with Gasteiger partial charge in [-0.05, 0) is 45.8 Å². The first-order chi connectivity index (χ1) is 13.7. The highest BCUT2D eigenvalue weighted by Crippen LogP contribution is 2.35. The SMILES string of the molecule is O=C(c1ccc(-c2cccc3cnccc23)c2ccccc12)N1CCC(O)C1. The summed E-state index contributed by atoms with van der Waals surface area (Å²) in [5.74, 6) is -0.0126. The second-order valence-electron chi connectivity index (χ2n) is 7.30. The number of likely N-dealkylation sites (tertiary alicyclic amines) is 1. The van der Waals surface area contributed by atoms with Crippen molar-refractivity contribution in [3.63, 3.8) is 0 Å². The molecule has 5 rings (SSSR count). The highest BCUT2D eigenvalue weighted by Gasteiger charge is 2.26. The van der Waals surface area contributed by atoms with Gasteiger partial charge >= 0.3 is 0 Å². The minimum atomic E-state index is -0.418. The predicted molar refractivity (Wildman–Crippen MR) is 111 cm³/mol. The number of fused-ring (bicyclic) bond motifs is 2. The third kappa shape index (κ3) is 2.74. The Labute approximate surface area is 163 Å². The van der Waals surface area contributed by atoms with Crippen LogP contribution in [0.25, 0.3) is 32.7 Å². The summed E-state index contributed by atoms with van der Waals surface area (Å²) in [5.41, 5.74) is 2.92. The summed E-state index contributed by atoms with van der Waals surface area (Å²) >= 11 is 0. The van der Waals surface area contributed by atoms with Crippen molar-refractivity contribution >= 4 is 27.5 Å². The number of hydrogen-bond acceptors (Lipinski definition) is 3. The third-order valence-corrected chi connectivity index (χ3v) is 5.58. The fourth-order valence-electron chi connectivity index (χ4n) is 4.17. The van der Waals surface area contributed by atoms with Crippen LogP contribution < -0.4 is 0 Å². The van der Waals surface area contributed by atoms with E-state index >= 15 is 0 Å². The van der Waals surface area contributed by atoms with Crippen molar-refractivity contribution in [1.82, 2.24) is 9.88 Å². The maximum Gasteiger partial charge on any atom is 0.254 e. The van der Waals surface area contributed by atoms with Gasteiger partial charge in [0.15, 0.2) is 0 Å². The fourth-order valence-corrected chi connectivity index (χ4v) is 4.17. The van der Waals surface area contributed by atoms with Crippen molar-refractivity contribution in [1.29, 1.82) is 0 Å². The summed E-state index contributed by atoms with van der Waals surface area (Å²) in [6.45, 7) is 1.01. The first-order valence-corrected chi connectivity index (χ1v) is 9.54. The Bertz CT molecular complexity index is 1200. The van der Waals surface area contributed by atoms with Gasteiger partial charge < -0.3 is 10.0 Å². The Morgan fingerprint density at radius 1 is 0.929 bits per heavy atom. The molecule has 0 bridgehead atoms. The van der Waals surface area contributed by atoms with Crippen LogP contribution in [-0.2, 0) is 0 Å². The summed E-state index contributed by atoms with van der Waals surface area (Å²) in [4.78, 5) is 19.0. The number of aliphatic hydroxyl groups is 1. The van der Waals surface area contributed by atoms with Gasteiger partial charge in [0.25, 0.3) is 5.91 Å². The van der Waals surface area contributed by atoms with Crippen molar-refractivity contribution in [2.75, 3.05) is 13.1 Å². The Hall–Kier alpha value is -3.24. The summed E-state index contributed by atoms with van der Waals surface area (Å²) in [7, 11) is 0. The zero-order chi connectivity index (χ0) is 19.1. The smallest absolute Gasteiger partial charge is 0.254 e. The number of benzene rings is 3. The molecular weight excluding hydrogens is 348 g/mol. The largest absolute Gasteiger partial charge is 0.391 e. The van der Waals surface area contributed by atoms with Crippen LogP contribution in [0.2, 0.25) is 0 Å². The third-order valence-electron chi connectivity index (χ3n) is 5.58. The molecule has 28 heavy (non-hydrogen) atoms. The number of carbonyl (C=O) groups excluding carboxylic acids is 1. The second kappa shape index (κ2) is 6.73. The average molecular weight is 368 g/mol. The molecule has 1 N–H and O–H groups in total. The molecule has 1 aliphatic heterocycles. The molecule has 2 heterocycles. The van der Waals surface area contributed by atoms with Crippen LogP contribution in [0.1, 0.15) is 16.8 Å². The van der Waals surface area contributed by atoms with Crippen LogP contribution in [0.4, 0.5) is 0 Å². The van der Waals surface area contributed by atoms with Crippen molar-refractivity contribution < 1.29 is 9.90 Å². The standard InChI is InChI=1S/C24H20N2O2/c27-17-11-13-26(15-17)24(28)23-9-8-22(20-5-1-2-6-21(20)23)19-7-3-4-16-14-25-12-10-18(16)19/h1-10,12,14,17,27H,11,13,15H2. The molecule has 1 aromatic heterocycles. The van der Waals surface area contributed by atoms with Crippen LogP contribution >= 0.6 is 0 Å². The number of β-amino-alcohol motifs (C(OH)–C–C–N with tert-alkyl or cyclic N) is 1. The molecule has 0 spiro atoms. The minimum Gasteiger partial charge on any atom is -0.391 e. The minimum absolute atomic E-state index is 0.0126. The van der Waals surface area contributed by atoms with Crippen molar-refractivity contribution in [3.05, 3.63) is 78.6 Å². The van der Waals surface area contributed by atoms with E-state index in [9.17, 15) is 9.90 Å². The molecule has 0 saturated carbocycles. The van der Waals surface area contributed by atoms with Gasteiger partial charge in [0.2, 0.25) is 0 Å². The van der Waals surface area contributed by atoms with Gasteiger partial charge in [-0.15, -0.1) is 0 Å². The summed E-state index contributed by atoms with van der Waals surface area (Å²) in [5, 5.41) is 14.0. The van der Waals surface area contributed by atoms with Crippen molar-refractivity contribution in [2.24, 2.45) is 0 Å². The molecule has 4 nitrogen and oxygen atoms in total. The number of rotatable bonds is 2. The van der Waals surface area contributed by atoms with E-state index in [2.05, 4.69) is 23.2 Å². The van der Waals surface area contributed by atoms with Gasteiger partial charge in [0.1, 0.15) is 0 Å². The van der Waals surface area contributed by atoms with E-state index in [4.69, 9.17) is 0 Å². The Morgan fingerprint density at radius 3 is 2.57 bits per heavy atom. The Morgan fingerprint density at radius 2 is 1.75 bits per heavy atom. The first kappa shape index (κ1) is 16.9. The molecule has 1 saturated heterocycles. The molecule has 138 valence electrons. The number of amides is 1. The van der Waals surface area contributed by atoms with Crippen LogP contribution in [0.5, 0.6) is 0 Å². The average Bonchev–Trinajstić information content (AvgIpc) is 3.18. The lowest BCUT2D eigenvalue weighted by Crippen LogP contribution is -2.29. The van der Waals surface area contributed by atoms with Gasteiger partial charge in [0.05, 0.1) is 6.10 Å². The van der Waals surface area contributed by atoms with Crippen LogP contribution in [0.15, 0.2) is 73.1 Å². The van der Waals surface area contributed by atoms with Gasteiger partial charge in [-0.1, -0.05) is 48.5 Å². The zero-order valence-corrected chi connectivity index (χ0v) is 15.4. The maximum atomic E-state index is 13.1. The number of carbonyl (C=O) groups is 1. The van der Waals surface area contributed by atoms with Crippen molar-refractivity contribution in [3.8, 4) is 11.1 Å². The summed E-state index contributed by atoms with van der Waals surface area (Å²) in [6, 6.07) is 20.3. The lowest BCUT2D eigenvalue weighted by Gasteiger charge is -2.18. The van der Waals surface area contributed by atoms with E-state index in [-0.39, 0.29) is 5.91 Å². The van der Waals surface area contributed by atoms with E-state index < -0.39 is 6.10 Å². The van der Waals surface area contributed by atoms with E-state index in [1.807, 2.05) is 54.9 Å². The number of hydrogen-bond donors (Lipinski definition) is 1. The molecule has 1 atom stereocenters. The van der Waals surface area contributed by atoms with Crippen molar-refractivity contribution in [2.45, 2.75) is 12.5 Å². The highest BCUT2D eigenvalue weighted by atomic mass is 16.3. The summed E-state index contributed by atoms with van der Waals surface area (Å²) in [6.07, 6.45) is 3.91. The number of aliphatic hydroxyl groups excluding tert-OH is 1. The monoisotopic (exact) mass is 368 g/mol. The second-order valence-corrected chi connectivity index (χ2v) is 7.30. The highest BCUT2D eigenvalue weighted by molar-refractivity contribution is 6.13. The molecule has 4 aromatic rings. The van der Waals surface area contributed by atoms with Gasteiger partial charge in [0, 0.05) is 36.4 Å². The van der Waals surface area contributed by atoms with Gasteiger partial charge in [-0.25, -0.2) is 0 Å². The van der Waals surface area contributed by atoms with Crippen LogP contribution in [0, 0.1) is 0 Å². The zero-order valence-electron chi connectivity index (χ0n) is 15.4. The number of aromatic nitrogens is 1. The van der Waals surface area contributed by atoms with Crippen LogP contribution in [-0.4, -0.2) is 40.1 Å². The van der Waals surface area contributed by atoms with Gasteiger partial charge in [-0.3, -0.25) is 9.78 Å². The molecule has 1 amide bonds. The lowest BCUT2D eigenvalue weighted by atomic mass is 9.92. The quantitative estimate of drug-likeness (QED) is 0.575. The molecule has 1 aliphatic rings. The maximum absolute atomic E-state index is 13.1. The summed E-state index contributed by atoms with van der Waals surface area (Å²) < 4.78 is 0. The molecule has 1 fully saturated rings. The van der Waals surface area contributed by atoms with E-state index in [0.717, 1.165) is 32.7 Å². The Balaban J connectivity index is 1.69. The first-order valence-electron chi connectivity index (χ1n) is 9.54.